The van der Waals surface area contributed by atoms with Gasteiger partial charge in [-0.05, 0) is 37.0 Å². The number of aliphatic carboxylic acids is 1. The number of nitrogens with one attached hydrogen (secondary N) is 1. The molecule has 2 unspecified atom stereocenters. The van der Waals surface area contributed by atoms with Gasteiger partial charge in [-0.25, -0.2) is 0 Å². The summed E-state index contributed by atoms with van der Waals surface area (Å²) in [7, 11) is 0. The zero-order valence-corrected chi connectivity index (χ0v) is 11.7. The third kappa shape index (κ3) is 3.92. The van der Waals surface area contributed by atoms with Crippen LogP contribution in [0.25, 0.3) is 0 Å². The highest BCUT2D eigenvalue weighted by Gasteiger charge is 2.33. The highest BCUT2D eigenvalue weighted by Crippen LogP contribution is 2.27. The highest BCUT2D eigenvalue weighted by atomic mass is 16.4. The standard InChI is InChI=1S/C16H19NO4/c18-10-9-11-5-7-12(8-6-11)17-15(19)13-3-1-2-4-14(13)16(20)21/h1-2,5-8,13-14,18H,3-4,9-10H2,(H,17,19)(H,20,21). The van der Waals surface area contributed by atoms with E-state index < -0.39 is 17.8 Å². The van der Waals surface area contributed by atoms with Gasteiger partial charge in [0.1, 0.15) is 0 Å². The van der Waals surface area contributed by atoms with E-state index in [0.717, 1.165) is 5.56 Å². The van der Waals surface area contributed by atoms with Gasteiger partial charge in [-0.2, -0.15) is 0 Å². The van der Waals surface area contributed by atoms with Crippen molar-refractivity contribution in [2.75, 3.05) is 11.9 Å². The van der Waals surface area contributed by atoms with Gasteiger partial charge in [0, 0.05) is 12.3 Å². The summed E-state index contributed by atoms with van der Waals surface area (Å²) < 4.78 is 0. The van der Waals surface area contributed by atoms with Gasteiger partial charge >= 0.3 is 5.97 Å². The van der Waals surface area contributed by atoms with E-state index in [1.165, 1.54) is 0 Å². The van der Waals surface area contributed by atoms with E-state index in [9.17, 15) is 14.7 Å². The molecule has 1 aromatic carbocycles. The van der Waals surface area contributed by atoms with Crippen LogP contribution < -0.4 is 5.32 Å². The quantitative estimate of drug-likeness (QED) is 0.722. The molecule has 112 valence electrons. The number of aliphatic hydroxyl groups excluding tert-OH is 1. The number of allylic oxidation sites excluding steroid dienone is 2. The van der Waals surface area contributed by atoms with Gasteiger partial charge in [-0.1, -0.05) is 24.3 Å². The molecule has 0 spiro atoms. The van der Waals surface area contributed by atoms with Crippen molar-refractivity contribution in [3.63, 3.8) is 0 Å². The predicted octanol–water partition coefficient (Wildman–Crippen LogP) is 1.83. The molecule has 0 heterocycles. The predicted molar refractivity (Wildman–Crippen MR) is 78.9 cm³/mol. The Bertz CT molecular complexity index is 536. The van der Waals surface area contributed by atoms with Crippen molar-refractivity contribution >= 4 is 17.6 Å². The van der Waals surface area contributed by atoms with Crippen molar-refractivity contribution in [3.05, 3.63) is 42.0 Å². The van der Waals surface area contributed by atoms with Gasteiger partial charge in [0.2, 0.25) is 5.91 Å². The summed E-state index contributed by atoms with van der Waals surface area (Å²) in [6.45, 7) is 0.0837. The lowest BCUT2D eigenvalue weighted by atomic mass is 9.82. The van der Waals surface area contributed by atoms with Crippen LogP contribution in [0.5, 0.6) is 0 Å². The van der Waals surface area contributed by atoms with Gasteiger partial charge in [0.25, 0.3) is 0 Å². The first-order valence-corrected chi connectivity index (χ1v) is 7.00. The van der Waals surface area contributed by atoms with Crippen molar-refractivity contribution < 1.29 is 19.8 Å². The van der Waals surface area contributed by atoms with Crippen molar-refractivity contribution in [2.24, 2.45) is 11.8 Å². The number of anilines is 1. The fraction of sp³-hybridized carbons (Fsp3) is 0.375. The van der Waals surface area contributed by atoms with Gasteiger partial charge in [0.05, 0.1) is 11.8 Å². The number of amides is 1. The molecule has 0 bridgehead atoms. The van der Waals surface area contributed by atoms with Crippen LogP contribution in [0.15, 0.2) is 36.4 Å². The molecule has 1 amide bonds. The maximum Gasteiger partial charge on any atom is 0.307 e. The van der Waals surface area contributed by atoms with Crippen LogP contribution in [0, 0.1) is 11.8 Å². The monoisotopic (exact) mass is 289 g/mol. The lowest BCUT2D eigenvalue weighted by Crippen LogP contribution is -2.34. The molecular weight excluding hydrogens is 270 g/mol. The first-order valence-electron chi connectivity index (χ1n) is 7.00. The van der Waals surface area contributed by atoms with Gasteiger partial charge in [0.15, 0.2) is 0 Å². The molecule has 1 aliphatic carbocycles. The SMILES string of the molecule is O=C(O)C1CC=CCC1C(=O)Nc1ccc(CCO)cc1. The lowest BCUT2D eigenvalue weighted by molar-refractivity contribution is -0.146. The molecule has 0 aromatic heterocycles. The minimum atomic E-state index is -0.933. The number of carboxylic acid groups (broad SMARTS) is 1. The number of carbonyl (C=O) groups is 2. The molecule has 0 radical (unpaired) electrons. The summed E-state index contributed by atoms with van der Waals surface area (Å²) in [6, 6.07) is 7.19. The maximum atomic E-state index is 12.2. The van der Waals surface area contributed by atoms with Crippen molar-refractivity contribution in [3.8, 4) is 0 Å². The van der Waals surface area contributed by atoms with Crippen LogP contribution in [0.3, 0.4) is 0 Å². The van der Waals surface area contributed by atoms with Crippen LogP contribution in [0.4, 0.5) is 5.69 Å². The van der Waals surface area contributed by atoms with Gasteiger partial charge < -0.3 is 15.5 Å². The van der Waals surface area contributed by atoms with E-state index in [-0.39, 0.29) is 12.5 Å². The number of aliphatic hydroxyl groups is 1. The molecule has 2 atom stereocenters. The maximum absolute atomic E-state index is 12.2. The fourth-order valence-corrected chi connectivity index (χ4v) is 2.50. The van der Waals surface area contributed by atoms with E-state index in [2.05, 4.69) is 5.32 Å². The Balaban J connectivity index is 2.02. The number of carbonyl (C=O) groups excluding carboxylic acids is 1. The molecule has 1 aromatic rings. The molecule has 21 heavy (non-hydrogen) atoms. The van der Waals surface area contributed by atoms with Crippen molar-refractivity contribution in [1.82, 2.24) is 0 Å². The topological polar surface area (TPSA) is 86.6 Å². The minimum Gasteiger partial charge on any atom is -0.481 e. The first kappa shape index (κ1) is 15.3. The van der Waals surface area contributed by atoms with E-state index in [1.54, 1.807) is 12.1 Å². The Kier molecular flexibility index (Phi) is 5.11. The van der Waals surface area contributed by atoms with Gasteiger partial charge in [-0.15, -0.1) is 0 Å². The molecule has 0 fully saturated rings. The molecular formula is C16H19NO4. The number of carboxylic acids is 1. The average Bonchev–Trinajstić information content (AvgIpc) is 2.49. The van der Waals surface area contributed by atoms with E-state index >= 15 is 0 Å². The Morgan fingerprint density at radius 1 is 1.10 bits per heavy atom. The van der Waals surface area contributed by atoms with Crippen LogP contribution in [0.1, 0.15) is 18.4 Å². The second-order valence-electron chi connectivity index (χ2n) is 5.15. The van der Waals surface area contributed by atoms with Crippen LogP contribution in [-0.4, -0.2) is 28.7 Å². The number of benzene rings is 1. The minimum absolute atomic E-state index is 0.0837. The Hall–Kier alpha value is -2.14. The zero-order chi connectivity index (χ0) is 15.2. The molecule has 0 aliphatic heterocycles. The first-order chi connectivity index (χ1) is 10.1. The molecule has 5 nitrogen and oxygen atoms in total. The molecule has 5 heteroatoms. The largest absolute Gasteiger partial charge is 0.481 e. The average molecular weight is 289 g/mol. The third-order valence-electron chi connectivity index (χ3n) is 3.71. The van der Waals surface area contributed by atoms with Crippen LogP contribution >= 0.6 is 0 Å². The number of hydrogen-bond donors (Lipinski definition) is 3. The zero-order valence-electron chi connectivity index (χ0n) is 11.7. The molecule has 0 saturated heterocycles. The van der Waals surface area contributed by atoms with E-state index in [4.69, 9.17) is 5.11 Å². The Morgan fingerprint density at radius 2 is 1.71 bits per heavy atom. The normalized spacial score (nSPS) is 21.0. The second kappa shape index (κ2) is 7.04. The summed E-state index contributed by atoms with van der Waals surface area (Å²) in [5, 5.41) is 20.8. The van der Waals surface area contributed by atoms with Crippen LogP contribution in [-0.2, 0) is 16.0 Å². The fourth-order valence-electron chi connectivity index (χ4n) is 2.50. The van der Waals surface area contributed by atoms with Crippen molar-refractivity contribution in [1.29, 1.82) is 0 Å². The van der Waals surface area contributed by atoms with Crippen LogP contribution in [0.2, 0.25) is 0 Å². The summed E-state index contributed by atoms with van der Waals surface area (Å²) in [5.74, 6) is -2.40. The van der Waals surface area contributed by atoms with E-state index in [1.807, 2.05) is 24.3 Å². The summed E-state index contributed by atoms with van der Waals surface area (Å²) in [4.78, 5) is 23.4. The summed E-state index contributed by atoms with van der Waals surface area (Å²) in [5.41, 5.74) is 1.62. The highest BCUT2D eigenvalue weighted by molar-refractivity contribution is 5.95. The number of rotatable bonds is 5. The molecule has 0 saturated carbocycles. The Labute approximate surface area is 123 Å². The number of hydrogen-bond acceptors (Lipinski definition) is 3. The second-order valence-corrected chi connectivity index (χ2v) is 5.15. The molecule has 3 N–H and O–H groups in total. The van der Waals surface area contributed by atoms with Gasteiger partial charge in [-0.3, -0.25) is 9.59 Å². The third-order valence-corrected chi connectivity index (χ3v) is 3.71. The lowest BCUT2D eigenvalue weighted by Gasteiger charge is -2.24. The Morgan fingerprint density at radius 3 is 2.29 bits per heavy atom. The smallest absolute Gasteiger partial charge is 0.307 e. The van der Waals surface area contributed by atoms with E-state index in [0.29, 0.717) is 24.9 Å². The molecule has 2 rings (SSSR count). The summed E-state index contributed by atoms with van der Waals surface area (Å²) in [6.07, 6.45) is 5.08. The van der Waals surface area contributed by atoms with Crippen molar-refractivity contribution in [2.45, 2.75) is 19.3 Å². The summed E-state index contributed by atoms with van der Waals surface area (Å²) >= 11 is 0. The molecule has 1 aliphatic rings.